The van der Waals surface area contributed by atoms with Crippen LogP contribution >= 0.6 is 24.8 Å². The summed E-state index contributed by atoms with van der Waals surface area (Å²) in [5.41, 5.74) is 6.84. The standard InChI is InChI=1S/C16H23FN4O.2ClH/c17-12-6-7-13-14(11-12)21-15(20-13)8-10-19-16(22)5-3-1-2-4-9-18;;/h6-7,11H,1-5,8-10,18H2,(H,19,22)(H,20,21);2*1H. The van der Waals surface area contributed by atoms with Gasteiger partial charge in [-0.2, -0.15) is 0 Å². The number of nitrogens with zero attached hydrogens (tertiary/aromatic N) is 1. The lowest BCUT2D eigenvalue weighted by molar-refractivity contribution is -0.121. The maximum absolute atomic E-state index is 13.1. The Morgan fingerprint density at radius 3 is 2.71 bits per heavy atom. The molecule has 136 valence electrons. The van der Waals surface area contributed by atoms with Gasteiger partial charge in [-0.3, -0.25) is 4.79 Å². The number of nitrogens with two attached hydrogens (primary N) is 1. The average molecular weight is 379 g/mol. The highest BCUT2D eigenvalue weighted by Crippen LogP contribution is 2.12. The van der Waals surface area contributed by atoms with Gasteiger partial charge in [-0.05, 0) is 37.6 Å². The number of halogens is 3. The fourth-order valence-electron chi connectivity index (χ4n) is 2.35. The van der Waals surface area contributed by atoms with Crippen LogP contribution in [0.2, 0.25) is 0 Å². The van der Waals surface area contributed by atoms with Gasteiger partial charge in [-0.1, -0.05) is 12.8 Å². The summed E-state index contributed by atoms with van der Waals surface area (Å²) in [6, 6.07) is 4.45. The molecule has 0 aliphatic heterocycles. The van der Waals surface area contributed by atoms with Crippen LogP contribution in [0.15, 0.2) is 18.2 Å². The third kappa shape index (κ3) is 7.47. The number of H-pyrrole nitrogens is 1. The van der Waals surface area contributed by atoms with Crippen molar-refractivity contribution in [1.29, 1.82) is 0 Å². The SMILES string of the molecule is Cl.Cl.NCCCCCCC(=O)NCCc1nc2ccc(F)cc2[nH]1. The van der Waals surface area contributed by atoms with E-state index in [-0.39, 0.29) is 36.5 Å². The first kappa shape index (κ1) is 22.6. The van der Waals surface area contributed by atoms with E-state index in [2.05, 4.69) is 15.3 Å². The minimum atomic E-state index is -0.286. The van der Waals surface area contributed by atoms with Crippen molar-refractivity contribution in [2.45, 2.75) is 38.5 Å². The summed E-state index contributed by atoms with van der Waals surface area (Å²) in [6.07, 6.45) is 5.20. The molecular formula is C16H25Cl2FN4O. The molecule has 1 aromatic carbocycles. The Balaban J connectivity index is 0.00000264. The molecule has 5 nitrogen and oxygen atoms in total. The Hall–Kier alpha value is -1.37. The van der Waals surface area contributed by atoms with Crippen molar-refractivity contribution in [3.63, 3.8) is 0 Å². The van der Waals surface area contributed by atoms with E-state index >= 15 is 0 Å². The van der Waals surface area contributed by atoms with Gasteiger partial charge in [-0.15, -0.1) is 24.8 Å². The number of aromatic amines is 1. The van der Waals surface area contributed by atoms with Gasteiger partial charge in [0.15, 0.2) is 0 Å². The number of unbranched alkanes of at least 4 members (excludes halogenated alkanes) is 3. The van der Waals surface area contributed by atoms with E-state index in [9.17, 15) is 9.18 Å². The minimum absolute atomic E-state index is 0. The van der Waals surface area contributed by atoms with Crippen molar-refractivity contribution < 1.29 is 9.18 Å². The molecule has 0 spiro atoms. The first-order valence-corrected chi connectivity index (χ1v) is 7.80. The van der Waals surface area contributed by atoms with Gasteiger partial charge in [-0.25, -0.2) is 9.37 Å². The van der Waals surface area contributed by atoms with Crippen LogP contribution < -0.4 is 11.1 Å². The molecule has 0 aliphatic rings. The first-order valence-electron chi connectivity index (χ1n) is 7.80. The third-order valence-electron chi connectivity index (χ3n) is 3.53. The van der Waals surface area contributed by atoms with Crippen LogP contribution in [0, 0.1) is 5.82 Å². The molecule has 8 heteroatoms. The van der Waals surface area contributed by atoms with Crippen molar-refractivity contribution in [2.24, 2.45) is 5.73 Å². The minimum Gasteiger partial charge on any atom is -0.356 e. The van der Waals surface area contributed by atoms with Gasteiger partial charge in [0.25, 0.3) is 0 Å². The Morgan fingerprint density at radius 2 is 1.96 bits per heavy atom. The molecule has 24 heavy (non-hydrogen) atoms. The van der Waals surface area contributed by atoms with E-state index in [1.807, 2.05) is 0 Å². The fourth-order valence-corrected chi connectivity index (χ4v) is 2.35. The fraction of sp³-hybridized carbons (Fsp3) is 0.500. The van der Waals surface area contributed by atoms with E-state index in [0.29, 0.717) is 31.4 Å². The first-order chi connectivity index (χ1) is 10.7. The van der Waals surface area contributed by atoms with E-state index in [1.54, 1.807) is 6.07 Å². The van der Waals surface area contributed by atoms with Crippen molar-refractivity contribution >= 4 is 41.8 Å². The number of carbonyl (C=O) groups is 1. The van der Waals surface area contributed by atoms with E-state index in [1.165, 1.54) is 12.1 Å². The van der Waals surface area contributed by atoms with Gasteiger partial charge in [0.05, 0.1) is 11.0 Å². The Kier molecular flexibility index (Phi) is 11.4. The summed E-state index contributed by atoms with van der Waals surface area (Å²) in [5, 5.41) is 2.88. The number of hydrogen-bond acceptors (Lipinski definition) is 3. The summed E-state index contributed by atoms with van der Waals surface area (Å²) in [5.74, 6) is 0.532. The molecule has 2 aromatic rings. The Morgan fingerprint density at radius 1 is 1.21 bits per heavy atom. The summed E-state index contributed by atoms with van der Waals surface area (Å²) in [4.78, 5) is 19.1. The molecule has 0 saturated heterocycles. The molecule has 0 bridgehead atoms. The lowest BCUT2D eigenvalue weighted by Gasteiger charge is -2.04. The quantitative estimate of drug-likeness (QED) is 0.586. The maximum Gasteiger partial charge on any atom is 0.220 e. The second kappa shape index (κ2) is 12.1. The topological polar surface area (TPSA) is 83.8 Å². The maximum atomic E-state index is 13.1. The number of imidazole rings is 1. The molecule has 4 N–H and O–H groups in total. The monoisotopic (exact) mass is 378 g/mol. The number of nitrogens with one attached hydrogen (secondary N) is 2. The molecule has 2 rings (SSSR count). The normalized spacial score (nSPS) is 10.1. The van der Waals surface area contributed by atoms with Crippen LogP contribution in [0.1, 0.15) is 37.9 Å². The van der Waals surface area contributed by atoms with Crippen LogP contribution in [0.5, 0.6) is 0 Å². The molecule has 0 saturated carbocycles. The molecular weight excluding hydrogens is 354 g/mol. The number of benzene rings is 1. The van der Waals surface area contributed by atoms with Gasteiger partial charge in [0, 0.05) is 19.4 Å². The number of hydrogen-bond donors (Lipinski definition) is 3. The predicted molar refractivity (Wildman–Crippen MR) is 99.4 cm³/mol. The van der Waals surface area contributed by atoms with Crippen molar-refractivity contribution in [2.75, 3.05) is 13.1 Å². The average Bonchev–Trinajstić information content (AvgIpc) is 2.88. The summed E-state index contributed by atoms with van der Waals surface area (Å²) in [6.45, 7) is 1.25. The van der Waals surface area contributed by atoms with Gasteiger partial charge in [0.2, 0.25) is 5.91 Å². The second-order valence-electron chi connectivity index (χ2n) is 5.40. The number of fused-ring (bicyclic) bond motifs is 1. The van der Waals surface area contributed by atoms with Crippen LogP contribution in [-0.4, -0.2) is 29.0 Å². The van der Waals surface area contributed by atoms with E-state index in [4.69, 9.17) is 5.73 Å². The van der Waals surface area contributed by atoms with Gasteiger partial charge < -0.3 is 16.0 Å². The molecule has 0 aliphatic carbocycles. The lowest BCUT2D eigenvalue weighted by atomic mass is 10.1. The predicted octanol–water partition coefficient (Wildman–Crippen LogP) is 3.11. The molecule has 0 fully saturated rings. The van der Waals surface area contributed by atoms with Crippen molar-refractivity contribution in [1.82, 2.24) is 15.3 Å². The van der Waals surface area contributed by atoms with Gasteiger partial charge >= 0.3 is 0 Å². The van der Waals surface area contributed by atoms with E-state index in [0.717, 1.165) is 37.0 Å². The highest BCUT2D eigenvalue weighted by molar-refractivity contribution is 5.85. The Labute approximate surface area is 153 Å². The summed E-state index contributed by atoms with van der Waals surface area (Å²) in [7, 11) is 0. The van der Waals surface area contributed by atoms with Crippen LogP contribution in [0.4, 0.5) is 4.39 Å². The Bertz CT molecular complexity index is 621. The number of amides is 1. The smallest absolute Gasteiger partial charge is 0.220 e. The second-order valence-corrected chi connectivity index (χ2v) is 5.40. The zero-order chi connectivity index (χ0) is 15.8. The highest BCUT2D eigenvalue weighted by atomic mass is 35.5. The highest BCUT2D eigenvalue weighted by Gasteiger charge is 2.05. The van der Waals surface area contributed by atoms with Crippen LogP contribution in [0.3, 0.4) is 0 Å². The van der Waals surface area contributed by atoms with Crippen LogP contribution in [0.25, 0.3) is 11.0 Å². The zero-order valence-electron chi connectivity index (χ0n) is 13.5. The number of carbonyl (C=O) groups excluding carboxylic acids is 1. The van der Waals surface area contributed by atoms with Crippen LogP contribution in [-0.2, 0) is 11.2 Å². The third-order valence-corrected chi connectivity index (χ3v) is 3.53. The molecule has 0 radical (unpaired) electrons. The number of aromatic nitrogens is 2. The van der Waals surface area contributed by atoms with Crippen molar-refractivity contribution in [3.05, 3.63) is 29.8 Å². The molecule has 1 amide bonds. The largest absolute Gasteiger partial charge is 0.356 e. The lowest BCUT2D eigenvalue weighted by Crippen LogP contribution is -2.25. The van der Waals surface area contributed by atoms with Crippen molar-refractivity contribution in [3.8, 4) is 0 Å². The summed E-state index contributed by atoms with van der Waals surface area (Å²) >= 11 is 0. The molecule has 1 heterocycles. The molecule has 0 atom stereocenters. The number of rotatable bonds is 9. The van der Waals surface area contributed by atoms with E-state index < -0.39 is 0 Å². The zero-order valence-corrected chi connectivity index (χ0v) is 15.1. The summed E-state index contributed by atoms with van der Waals surface area (Å²) < 4.78 is 13.1. The molecule has 1 aromatic heterocycles. The van der Waals surface area contributed by atoms with Gasteiger partial charge in [0.1, 0.15) is 11.6 Å². The molecule has 0 unspecified atom stereocenters.